The Kier molecular flexibility index (Phi) is 26.5. The maximum absolute atomic E-state index is 14.5. The first-order valence-corrected chi connectivity index (χ1v) is 25.1. The number of aliphatic carboxylic acids is 3. The van der Waals surface area contributed by atoms with Gasteiger partial charge in [-0.3, -0.25) is 47.9 Å². The zero-order valence-corrected chi connectivity index (χ0v) is 42.9. The van der Waals surface area contributed by atoms with E-state index in [1.54, 1.807) is 52.0 Å². The second-order valence-corrected chi connectivity index (χ2v) is 20.1. The number of carboxylic acid groups (broad SMARTS) is 3. The topological polar surface area (TPSA) is 336 Å². The molecule has 7 atom stereocenters. The molecule has 0 heterocycles. The molecule has 0 spiro atoms. The first-order chi connectivity index (χ1) is 33.8. The van der Waals surface area contributed by atoms with Crippen LogP contribution in [0.3, 0.4) is 0 Å². The van der Waals surface area contributed by atoms with Gasteiger partial charge in [-0.15, -0.1) is 0 Å². The van der Waals surface area contributed by atoms with Crippen molar-refractivity contribution in [2.45, 2.75) is 155 Å². The van der Waals surface area contributed by atoms with Gasteiger partial charge in [-0.1, -0.05) is 103 Å². The molecule has 1 unspecified atom stereocenters. The maximum atomic E-state index is 14.5. The summed E-state index contributed by atoms with van der Waals surface area (Å²) in [6, 6.07) is 7.29. The van der Waals surface area contributed by atoms with Crippen molar-refractivity contribution in [3.63, 3.8) is 0 Å². The summed E-state index contributed by atoms with van der Waals surface area (Å²) in [6.45, 7) is 12.5. The number of aliphatic hydroxyl groups is 1. The molecule has 11 N–H and O–H groups in total. The van der Waals surface area contributed by atoms with E-state index < -0.39 is 139 Å². The number of aliphatic hydroxyl groups excluding tert-OH is 1. The van der Waals surface area contributed by atoms with Gasteiger partial charge in [-0.25, -0.2) is 0 Å². The van der Waals surface area contributed by atoms with Gasteiger partial charge in [0.05, 0.1) is 18.9 Å². The fraction of sp³-hybridized carbons (Fsp3) is 0.560. The normalized spacial score (nSPS) is 14.2. The predicted molar refractivity (Wildman–Crippen MR) is 268 cm³/mol. The van der Waals surface area contributed by atoms with Crippen molar-refractivity contribution in [2.75, 3.05) is 11.5 Å². The summed E-state index contributed by atoms with van der Waals surface area (Å²) in [7, 11) is 0. The van der Waals surface area contributed by atoms with E-state index in [0.717, 1.165) is 18.4 Å². The van der Waals surface area contributed by atoms with Gasteiger partial charge in [0.1, 0.15) is 30.2 Å². The van der Waals surface area contributed by atoms with Gasteiger partial charge in [0.25, 0.3) is 5.91 Å². The summed E-state index contributed by atoms with van der Waals surface area (Å²) < 4.78 is 0. The molecule has 7 amide bonds. The molecule has 2 aromatic rings. The largest absolute Gasteiger partial charge is 0.481 e. The van der Waals surface area contributed by atoms with Crippen LogP contribution >= 0.6 is 11.8 Å². The van der Waals surface area contributed by atoms with Gasteiger partial charge in [0, 0.05) is 31.6 Å². The van der Waals surface area contributed by atoms with Crippen molar-refractivity contribution in [2.24, 2.45) is 11.3 Å². The number of benzene rings is 2. The highest BCUT2D eigenvalue weighted by Gasteiger charge is 2.39. The molecule has 22 heteroatoms. The SMILES string of the molecule is CCCCSC[C@H](NC(=O)[C@H](CC(C)C)NC(=O)[C@@H](NC(=O)[C@H](Cc1ccccc1C)NC(=O)[C@H](CCC(=O)O)NC(=O)[C@H](CC(=O)O)NC(=O)CCC(=O)O)C(C)(C)C)C(O)C(=O)NCc1ccccc1. The van der Waals surface area contributed by atoms with Crippen LogP contribution in [-0.4, -0.2) is 134 Å². The molecule has 0 aromatic heterocycles. The molecular weight excluding hydrogens is 955 g/mol. The van der Waals surface area contributed by atoms with E-state index in [2.05, 4.69) is 37.2 Å². The second-order valence-electron chi connectivity index (χ2n) is 19.0. The van der Waals surface area contributed by atoms with E-state index in [9.17, 15) is 63.3 Å². The van der Waals surface area contributed by atoms with Gasteiger partial charge in [0.2, 0.25) is 35.4 Å². The van der Waals surface area contributed by atoms with E-state index in [-0.39, 0.29) is 31.1 Å². The first-order valence-electron chi connectivity index (χ1n) is 23.9. The average molecular weight is 1030 g/mol. The maximum Gasteiger partial charge on any atom is 0.305 e. The van der Waals surface area contributed by atoms with E-state index in [1.807, 2.05) is 51.1 Å². The van der Waals surface area contributed by atoms with Gasteiger partial charge < -0.3 is 57.6 Å². The number of aryl methyl sites for hydroxylation is 1. The Morgan fingerprint density at radius 1 is 0.625 bits per heavy atom. The Morgan fingerprint density at radius 3 is 1.78 bits per heavy atom. The molecule has 398 valence electrons. The van der Waals surface area contributed by atoms with Crippen molar-refractivity contribution in [1.29, 1.82) is 0 Å². The summed E-state index contributed by atoms with van der Waals surface area (Å²) in [5.41, 5.74) is 1.04. The highest BCUT2D eigenvalue weighted by molar-refractivity contribution is 7.99. The summed E-state index contributed by atoms with van der Waals surface area (Å²) in [4.78, 5) is 131. The summed E-state index contributed by atoms with van der Waals surface area (Å²) in [5.74, 6) is -9.84. The van der Waals surface area contributed by atoms with Crippen LogP contribution in [0, 0.1) is 18.3 Å². The molecule has 21 nitrogen and oxygen atoms in total. The van der Waals surface area contributed by atoms with Crippen LogP contribution in [0.2, 0.25) is 0 Å². The van der Waals surface area contributed by atoms with Crippen LogP contribution in [0.1, 0.15) is 110 Å². The van der Waals surface area contributed by atoms with Crippen molar-refractivity contribution in [1.82, 2.24) is 37.2 Å². The Morgan fingerprint density at radius 2 is 1.19 bits per heavy atom. The predicted octanol–water partition coefficient (Wildman–Crippen LogP) is 1.95. The third-order valence-electron chi connectivity index (χ3n) is 11.2. The van der Waals surface area contributed by atoms with Gasteiger partial charge in [-0.05, 0) is 60.0 Å². The van der Waals surface area contributed by atoms with Gasteiger partial charge >= 0.3 is 17.9 Å². The van der Waals surface area contributed by atoms with E-state index >= 15 is 0 Å². The minimum absolute atomic E-state index is 0.114. The molecule has 0 fully saturated rings. The average Bonchev–Trinajstić information content (AvgIpc) is 3.30. The second kappa shape index (κ2) is 31.0. The molecule has 0 aliphatic carbocycles. The molecule has 2 rings (SSSR count). The zero-order valence-electron chi connectivity index (χ0n) is 42.1. The summed E-state index contributed by atoms with van der Waals surface area (Å²) >= 11 is 1.45. The fourth-order valence-electron chi connectivity index (χ4n) is 7.12. The van der Waals surface area contributed by atoms with Crippen LogP contribution < -0.4 is 37.2 Å². The third-order valence-corrected chi connectivity index (χ3v) is 12.3. The minimum atomic E-state index is -1.81. The number of thioether (sulfide) groups is 1. The highest BCUT2D eigenvalue weighted by Crippen LogP contribution is 2.22. The molecule has 0 radical (unpaired) electrons. The van der Waals surface area contributed by atoms with Crippen LogP contribution in [0.15, 0.2) is 54.6 Å². The van der Waals surface area contributed by atoms with Gasteiger partial charge in [-0.2, -0.15) is 11.8 Å². The molecule has 0 aliphatic rings. The molecule has 0 aliphatic heterocycles. The zero-order chi connectivity index (χ0) is 54.1. The number of carbonyl (C=O) groups excluding carboxylic acids is 7. The molecule has 0 bridgehead atoms. The van der Waals surface area contributed by atoms with E-state index in [4.69, 9.17) is 5.11 Å². The van der Waals surface area contributed by atoms with Crippen molar-refractivity contribution in [3.05, 3.63) is 71.3 Å². The number of amides is 7. The Hall–Kier alpha value is -6.55. The number of rotatable bonds is 32. The smallest absolute Gasteiger partial charge is 0.305 e. The summed E-state index contributed by atoms with van der Waals surface area (Å²) in [6.07, 6.45) is -3.41. The number of hydrogen-bond acceptors (Lipinski definition) is 12. The van der Waals surface area contributed by atoms with Crippen molar-refractivity contribution >= 4 is 71.0 Å². The number of unbranched alkanes of at least 4 members (excludes halogenated alkanes) is 1. The van der Waals surface area contributed by atoms with Crippen LogP contribution in [0.4, 0.5) is 0 Å². The lowest BCUT2D eigenvalue weighted by Crippen LogP contribution is -2.62. The lowest BCUT2D eigenvalue weighted by molar-refractivity contribution is -0.142. The van der Waals surface area contributed by atoms with Crippen molar-refractivity contribution in [3.8, 4) is 0 Å². The monoisotopic (exact) mass is 1030 g/mol. The van der Waals surface area contributed by atoms with E-state index in [1.165, 1.54) is 11.8 Å². The lowest BCUT2D eigenvalue weighted by atomic mass is 9.85. The van der Waals surface area contributed by atoms with Crippen molar-refractivity contribution < 1.29 is 68.4 Å². The highest BCUT2D eigenvalue weighted by atomic mass is 32.2. The number of carbonyl (C=O) groups is 10. The Labute approximate surface area is 424 Å². The Balaban J connectivity index is 2.48. The lowest BCUT2D eigenvalue weighted by Gasteiger charge is -2.34. The van der Waals surface area contributed by atoms with Crippen LogP contribution in [-0.2, 0) is 60.9 Å². The fourth-order valence-corrected chi connectivity index (χ4v) is 8.30. The minimum Gasteiger partial charge on any atom is -0.481 e. The van der Waals surface area contributed by atoms with Crippen LogP contribution in [0.5, 0.6) is 0 Å². The molecule has 72 heavy (non-hydrogen) atoms. The Bertz CT molecular complexity index is 2170. The molecule has 2 aromatic carbocycles. The summed E-state index contributed by atoms with van der Waals surface area (Å²) in [5, 5.41) is 57.2. The number of hydrogen-bond donors (Lipinski definition) is 11. The molecule has 0 saturated carbocycles. The standard InChI is InChI=1S/C50H73N7O14S/c1-8-9-23-72-28-37(42(65)48(70)51-27-31-16-11-10-12-17-31)56-45(67)34(24-29(2)3)55-49(71)43(50(5,6)7)57-47(69)35(25-32-18-14-13-15-30(32)4)54-44(66)33(19-21-39(59)60)53-46(68)36(26-41(63)64)52-38(58)20-22-40(61)62/h10-18,29,33-37,42-43,65H,8-9,19-28H2,1-7H3,(H,51,70)(H,52,58)(H,53,68)(H,54,66)(H,55,71)(H,56,67)(H,57,69)(H,59,60)(H,61,62)(H,63,64)/t33-,34-,35-,36-,37-,42?,43+/m0/s1. The first kappa shape index (κ1) is 61.6. The number of nitrogens with one attached hydrogen (secondary N) is 7. The molecule has 0 saturated heterocycles. The van der Waals surface area contributed by atoms with Crippen LogP contribution in [0.25, 0.3) is 0 Å². The molecular formula is C50H73N7O14S. The number of carboxylic acids is 3. The third kappa shape index (κ3) is 23.1. The quantitative estimate of drug-likeness (QED) is 0.0467. The van der Waals surface area contributed by atoms with E-state index in [0.29, 0.717) is 16.9 Å². The van der Waals surface area contributed by atoms with Gasteiger partial charge in [0.15, 0.2) is 6.10 Å².